The van der Waals surface area contributed by atoms with E-state index in [2.05, 4.69) is 10.4 Å². The molecule has 3 rings (SSSR count). The predicted molar refractivity (Wildman–Crippen MR) is 101 cm³/mol. The molecule has 0 fully saturated rings. The first-order valence-corrected chi connectivity index (χ1v) is 8.55. The van der Waals surface area contributed by atoms with E-state index in [1.165, 1.54) is 4.68 Å². The summed E-state index contributed by atoms with van der Waals surface area (Å²) in [5, 5.41) is 18.3. The molecule has 1 aromatic heterocycles. The molecule has 1 heterocycles. The Kier molecular flexibility index (Phi) is 5.30. The molecule has 0 aliphatic rings. The van der Waals surface area contributed by atoms with Crippen molar-refractivity contribution in [1.29, 1.82) is 0 Å². The first-order chi connectivity index (χ1) is 13.0. The van der Waals surface area contributed by atoms with Crippen LogP contribution in [0, 0.1) is 24.0 Å². The number of aromatic nitrogens is 2. The van der Waals surface area contributed by atoms with Gasteiger partial charge in [-0.2, -0.15) is 5.10 Å². The highest BCUT2D eigenvalue weighted by atomic mass is 16.6. The molecule has 2 aromatic carbocycles. The van der Waals surface area contributed by atoms with Gasteiger partial charge in [-0.1, -0.05) is 60.7 Å². The molecule has 7 nitrogen and oxygen atoms in total. The van der Waals surface area contributed by atoms with Crippen molar-refractivity contribution in [2.45, 2.75) is 26.4 Å². The zero-order valence-corrected chi connectivity index (χ0v) is 15.1. The number of nitro groups is 1. The number of nitrogens with one attached hydrogen (secondary N) is 1. The summed E-state index contributed by atoms with van der Waals surface area (Å²) in [5.74, 6) is -0.270. The number of aryl methyl sites for hydroxylation is 1. The molecule has 27 heavy (non-hydrogen) atoms. The van der Waals surface area contributed by atoms with Crippen LogP contribution < -0.4 is 5.32 Å². The topological polar surface area (TPSA) is 90.1 Å². The quantitative estimate of drug-likeness (QED) is 0.537. The van der Waals surface area contributed by atoms with Gasteiger partial charge in [0.25, 0.3) is 0 Å². The van der Waals surface area contributed by atoms with Gasteiger partial charge in [0.1, 0.15) is 17.9 Å². The van der Waals surface area contributed by atoms with Crippen LogP contribution in [0.5, 0.6) is 0 Å². The molecule has 0 aliphatic carbocycles. The number of hydrogen-bond acceptors (Lipinski definition) is 4. The van der Waals surface area contributed by atoms with Gasteiger partial charge in [-0.3, -0.25) is 19.6 Å². The Labute approximate surface area is 156 Å². The van der Waals surface area contributed by atoms with E-state index in [1.807, 2.05) is 60.7 Å². The summed E-state index contributed by atoms with van der Waals surface area (Å²) in [6.45, 7) is 3.07. The van der Waals surface area contributed by atoms with Crippen molar-refractivity contribution in [3.8, 4) is 0 Å². The number of rotatable bonds is 6. The maximum Gasteiger partial charge on any atom is 0.312 e. The van der Waals surface area contributed by atoms with Gasteiger partial charge >= 0.3 is 5.69 Å². The summed E-state index contributed by atoms with van der Waals surface area (Å²) in [6.07, 6.45) is 0. The fraction of sp³-hybridized carbons (Fsp3) is 0.200. The van der Waals surface area contributed by atoms with E-state index in [4.69, 9.17) is 0 Å². The van der Waals surface area contributed by atoms with Crippen LogP contribution in [0.2, 0.25) is 0 Å². The largest absolute Gasteiger partial charge is 0.344 e. The highest BCUT2D eigenvalue weighted by Crippen LogP contribution is 2.23. The highest BCUT2D eigenvalue weighted by molar-refractivity contribution is 5.77. The summed E-state index contributed by atoms with van der Waals surface area (Å²) < 4.78 is 1.37. The maximum absolute atomic E-state index is 12.7. The van der Waals surface area contributed by atoms with Gasteiger partial charge in [-0.05, 0) is 25.0 Å². The average Bonchev–Trinajstić information content (AvgIpc) is 2.94. The average molecular weight is 364 g/mol. The second-order valence-electron chi connectivity index (χ2n) is 6.26. The summed E-state index contributed by atoms with van der Waals surface area (Å²) in [4.78, 5) is 23.3. The Hall–Kier alpha value is -3.48. The van der Waals surface area contributed by atoms with E-state index in [0.29, 0.717) is 11.4 Å². The summed E-state index contributed by atoms with van der Waals surface area (Å²) in [6, 6.07) is 19.0. The van der Waals surface area contributed by atoms with Crippen molar-refractivity contribution in [2.75, 3.05) is 0 Å². The van der Waals surface area contributed by atoms with Gasteiger partial charge < -0.3 is 5.32 Å². The van der Waals surface area contributed by atoms with E-state index in [9.17, 15) is 14.9 Å². The number of carbonyl (C=O) groups is 1. The Balaban J connectivity index is 1.84. The van der Waals surface area contributed by atoms with Gasteiger partial charge in [0.05, 0.1) is 11.0 Å². The Morgan fingerprint density at radius 2 is 1.59 bits per heavy atom. The molecular weight excluding hydrogens is 344 g/mol. The first-order valence-electron chi connectivity index (χ1n) is 8.55. The minimum absolute atomic E-state index is 0.0505. The van der Waals surface area contributed by atoms with Crippen molar-refractivity contribution < 1.29 is 9.72 Å². The lowest BCUT2D eigenvalue weighted by Crippen LogP contribution is -2.32. The highest BCUT2D eigenvalue weighted by Gasteiger charge is 2.24. The number of nitrogens with zero attached hydrogens (tertiary/aromatic N) is 3. The fourth-order valence-electron chi connectivity index (χ4n) is 3.10. The molecule has 1 N–H and O–H groups in total. The molecule has 0 saturated carbocycles. The SMILES string of the molecule is Cc1nn(CC(=O)NC(c2ccccc2)c2ccccc2)c(C)c1[N+](=O)[O-]. The Morgan fingerprint density at radius 3 is 2.04 bits per heavy atom. The van der Waals surface area contributed by atoms with E-state index in [-0.39, 0.29) is 24.2 Å². The number of carbonyl (C=O) groups excluding carboxylic acids is 1. The van der Waals surface area contributed by atoms with Crippen molar-refractivity contribution >= 4 is 11.6 Å². The van der Waals surface area contributed by atoms with Crippen molar-refractivity contribution in [2.24, 2.45) is 0 Å². The third-order valence-electron chi connectivity index (χ3n) is 4.39. The monoisotopic (exact) mass is 364 g/mol. The van der Waals surface area contributed by atoms with Crippen LogP contribution in [-0.2, 0) is 11.3 Å². The molecule has 0 aliphatic heterocycles. The van der Waals surface area contributed by atoms with Crippen LogP contribution in [0.4, 0.5) is 5.69 Å². The van der Waals surface area contributed by atoms with Crippen molar-refractivity contribution in [3.63, 3.8) is 0 Å². The van der Waals surface area contributed by atoms with Crippen LogP contribution in [0.15, 0.2) is 60.7 Å². The molecule has 0 spiro atoms. The molecule has 3 aromatic rings. The standard InChI is InChI=1S/C20H20N4O3/c1-14-20(24(26)27)15(2)23(22-14)13-18(25)21-19(16-9-5-3-6-10-16)17-11-7-4-8-12-17/h3-12,19H,13H2,1-2H3,(H,21,25). The van der Waals surface area contributed by atoms with Crippen molar-refractivity contribution in [3.05, 3.63) is 93.3 Å². The number of hydrogen-bond donors (Lipinski definition) is 1. The lowest BCUT2D eigenvalue weighted by Gasteiger charge is -2.20. The van der Waals surface area contributed by atoms with E-state index in [0.717, 1.165) is 11.1 Å². The normalized spacial score (nSPS) is 10.8. The molecule has 0 bridgehead atoms. The third kappa shape index (κ3) is 4.03. The summed E-state index contributed by atoms with van der Waals surface area (Å²) in [7, 11) is 0. The lowest BCUT2D eigenvalue weighted by atomic mass is 9.99. The predicted octanol–water partition coefficient (Wildman–Crippen LogP) is 3.31. The van der Waals surface area contributed by atoms with Crippen molar-refractivity contribution in [1.82, 2.24) is 15.1 Å². The smallest absolute Gasteiger partial charge is 0.312 e. The summed E-state index contributed by atoms with van der Waals surface area (Å²) >= 11 is 0. The maximum atomic E-state index is 12.7. The van der Waals surface area contributed by atoms with Gasteiger partial charge in [0, 0.05) is 0 Å². The van der Waals surface area contributed by atoms with E-state index in [1.54, 1.807) is 13.8 Å². The van der Waals surface area contributed by atoms with Gasteiger partial charge in [-0.25, -0.2) is 0 Å². The van der Waals surface area contributed by atoms with Crippen LogP contribution >= 0.6 is 0 Å². The molecular formula is C20H20N4O3. The molecule has 0 atom stereocenters. The zero-order chi connectivity index (χ0) is 19.4. The van der Waals surface area contributed by atoms with Crippen LogP contribution in [0.25, 0.3) is 0 Å². The Bertz CT molecular complexity index is 913. The number of amides is 1. The molecule has 1 amide bonds. The summed E-state index contributed by atoms with van der Waals surface area (Å²) in [5.41, 5.74) is 2.52. The van der Waals surface area contributed by atoms with Crippen LogP contribution in [-0.4, -0.2) is 20.6 Å². The fourth-order valence-corrected chi connectivity index (χ4v) is 3.10. The minimum Gasteiger partial charge on any atom is -0.344 e. The van der Waals surface area contributed by atoms with E-state index < -0.39 is 4.92 Å². The second-order valence-corrected chi connectivity index (χ2v) is 6.26. The lowest BCUT2D eigenvalue weighted by molar-refractivity contribution is -0.386. The molecule has 138 valence electrons. The van der Waals surface area contributed by atoms with Gasteiger partial charge in [0.15, 0.2) is 0 Å². The molecule has 0 unspecified atom stereocenters. The minimum atomic E-state index is -0.469. The van der Waals surface area contributed by atoms with Crippen LogP contribution in [0.3, 0.4) is 0 Å². The molecule has 0 saturated heterocycles. The first kappa shape index (κ1) is 18.3. The second kappa shape index (κ2) is 7.82. The Morgan fingerprint density at radius 1 is 1.07 bits per heavy atom. The molecule has 7 heteroatoms. The number of benzene rings is 2. The third-order valence-corrected chi connectivity index (χ3v) is 4.39. The van der Waals surface area contributed by atoms with E-state index >= 15 is 0 Å². The zero-order valence-electron chi connectivity index (χ0n) is 15.1. The molecule has 0 radical (unpaired) electrons. The van der Waals surface area contributed by atoms with Gasteiger partial charge in [-0.15, -0.1) is 0 Å². The van der Waals surface area contributed by atoms with Gasteiger partial charge in [0.2, 0.25) is 5.91 Å². The van der Waals surface area contributed by atoms with Crippen LogP contribution in [0.1, 0.15) is 28.6 Å².